The van der Waals surface area contributed by atoms with Crippen LogP contribution in [0.5, 0.6) is 0 Å². The highest BCUT2D eigenvalue weighted by Gasteiger charge is 2.23. The highest BCUT2D eigenvalue weighted by atomic mass is 32.1. The molecular formula is C12H15NO4S. The van der Waals surface area contributed by atoms with Gasteiger partial charge < -0.3 is 15.5 Å². The molecule has 3 N–H and O–H groups in total. The Morgan fingerprint density at radius 2 is 2.11 bits per heavy atom. The molecule has 1 aromatic heterocycles. The highest BCUT2D eigenvalue weighted by molar-refractivity contribution is 7.12. The lowest BCUT2D eigenvalue weighted by Gasteiger charge is -2.15. The summed E-state index contributed by atoms with van der Waals surface area (Å²) in [6.07, 6.45) is 1.71. The van der Waals surface area contributed by atoms with Crippen molar-refractivity contribution in [1.82, 2.24) is 5.32 Å². The fraction of sp³-hybridized carbons (Fsp3) is 0.333. The van der Waals surface area contributed by atoms with Crippen LogP contribution in [0.1, 0.15) is 16.7 Å². The third-order valence-electron chi connectivity index (χ3n) is 2.21. The topological polar surface area (TPSA) is 86.6 Å². The normalized spacial score (nSPS) is 14.4. The second kappa shape index (κ2) is 6.32. The number of carboxylic acids is 1. The van der Waals surface area contributed by atoms with Crippen molar-refractivity contribution in [2.24, 2.45) is 0 Å². The van der Waals surface area contributed by atoms with Gasteiger partial charge in [-0.3, -0.25) is 4.79 Å². The van der Waals surface area contributed by atoms with Gasteiger partial charge in [0.1, 0.15) is 0 Å². The van der Waals surface area contributed by atoms with E-state index in [0.717, 1.165) is 9.75 Å². The number of nitrogens with one attached hydrogen (secondary N) is 1. The number of amides is 1. The van der Waals surface area contributed by atoms with Gasteiger partial charge in [0.2, 0.25) is 5.91 Å². The third-order valence-corrected chi connectivity index (χ3v) is 3.17. The van der Waals surface area contributed by atoms with Crippen LogP contribution in [0.25, 0.3) is 6.08 Å². The first-order chi connectivity index (χ1) is 8.40. The molecule has 0 aliphatic heterocycles. The average Bonchev–Trinajstić information content (AvgIpc) is 2.68. The number of carbonyl (C=O) groups is 2. The van der Waals surface area contributed by atoms with E-state index in [0.29, 0.717) is 0 Å². The molecule has 0 saturated carbocycles. The van der Waals surface area contributed by atoms with Gasteiger partial charge in [0.15, 0.2) is 6.04 Å². The molecule has 1 aromatic rings. The molecule has 18 heavy (non-hydrogen) atoms. The van der Waals surface area contributed by atoms with E-state index in [2.05, 4.69) is 5.32 Å². The van der Waals surface area contributed by atoms with Gasteiger partial charge in [-0.1, -0.05) is 0 Å². The highest BCUT2D eigenvalue weighted by Crippen LogP contribution is 2.16. The van der Waals surface area contributed by atoms with Gasteiger partial charge in [-0.05, 0) is 32.1 Å². The molecule has 2 atom stereocenters. The lowest BCUT2D eigenvalue weighted by molar-refractivity contribution is -0.144. The Bertz CT molecular complexity index is 464. The number of aryl methyl sites for hydroxylation is 1. The summed E-state index contributed by atoms with van der Waals surface area (Å²) in [6.45, 7) is 3.27. The molecule has 5 nitrogen and oxygen atoms in total. The largest absolute Gasteiger partial charge is 0.480 e. The van der Waals surface area contributed by atoms with E-state index in [1.807, 2.05) is 19.1 Å². The van der Waals surface area contributed by atoms with E-state index in [9.17, 15) is 14.7 Å². The lowest BCUT2D eigenvalue weighted by Crippen LogP contribution is -2.47. The van der Waals surface area contributed by atoms with Crippen molar-refractivity contribution in [3.63, 3.8) is 0 Å². The standard InChI is InChI=1S/C12H15NO4S/c1-7-3-4-9(18-7)5-6-10(15)13-11(8(2)14)12(16)17/h3-6,8,11,14H,1-2H3,(H,13,15)(H,16,17)/b6-5+. The van der Waals surface area contributed by atoms with E-state index < -0.39 is 24.0 Å². The van der Waals surface area contributed by atoms with E-state index in [1.165, 1.54) is 24.3 Å². The molecule has 0 aliphatic carbocycles. The minimum Gasteiger partial charge on any atom is -0.480 e. The quantitative estimate of drug-likeness (QED) is 0.696. The monoisotopic (exact) mass is 269 g/mol. The molecule has 0 radical (unpaired) electrons. The number of aliphatic hydroxyl groups is 1. The van der Waals surface area contributed by atoms with Crippen molar-refractivity contribution in [3.05, 3.63) is 28.0 Å². The predicted octanol–water partition coefficient (Wildman–Crippen LogP) is 1.02. The zero-order chi connectivity index (χ0) is 13.7. The van der Waals surface area contributed by atoms with Gasteiger partial charge in [-0.15, -0.1) is 11.3 Å². The molecule has 0 aliphatic rings. The summed E-state index contributed by atoms with van der Waals surface area (Å²) in [5, 5.41) is 20.2. The number of aliphatic carboxylic acids is 1. The van der Waals surface area contributed by atoms with Crippen LogP contribution in [0, 0.1) is 6.92 Å². The minimum absolute atomic E-state index is 0.547. The summed E-state index contributed by atoms with van der Waals surface area (Å²) >= 11 is 1.53. The first kappa shape index (κ1) is 14.4. The van der Waals surface area contributed by atoms with Crippen molar-refractivity contribution in [2.75, 3.05) is 0 Å². The molecule has 0 fully saturated rings. The SMILES string of the molecule is Cc1ccc(/C=C/C(=O)NC(C(=O)O)C(C)O)s1. The van der Waals surface area contributed by atoms with E-state index in [4.69, 9.17) is 5.11 Å². The third kappa shape index (κ3) is 4.31. The van der Waals surface area contributed by atoms with Crippen molar-refractivity contribution in [1.29, 1.82) is 0 Å². The number of hydrogen-bond acceptors (Lipinski definition) is 4. The first-order valence-electron chi connectivity index (χ1n) is 5.36. The molecule has 0 bridgehead atoms. The average molecular weight is 269 g/mol. The Hall–Kier alpha value is -1.66. The van der Waals surface area contributed by atoms with Crippen LogP contribution in [-0.2, 0) is 9.59 Å². The van der Waals surface area contributed by atoms with Crippen LogP contribution in [0.15, 0.2) is 18.2 Å². The van der Waals surface area contributed by atoms with E-state index in [1.54, 1.807) is 6.08 Å². The van der Waals surface area contributed by atoms with Crippen LogP contribution >= 0.6 is 11.3 Å². The van der Waals surface area contributed by atoms with Crippen molar-refractivity contribution in [3.8, 4) is 0 Å². The number of carboxylic acid groups (broad SMARTS) is 1. The molecular weight excluding hydrogens is 254 g/mol. The molecule has 98 valence electrons. The Labute approximate surface area is 109 Å². The maximum atomic E-state index is 11.5. The first-order valence-corrected chi connectivity index (χ1v) is 6.17. The Morgan fingerprint density at radius 1 is 1.44 bits per heavy atom. The van der Waals surface area contributed by atoms with Crippen LogP contribution in [0.2, 0.25) is 0 Å². The summed E-state index contributed by atoms with van der Waals surface area (Å²) < 4.78 is 0. The zero-order valence-electron chi connectivity index (χ0n) is 10.1. The number of carbonyl (C=O) groups excluding carboxylic acids is 1. The fourth-order valence-corrected chi connectivity index (χ4v) is 2.07. The van der Waals surface area contributed by atoms with Gasteiger partial charge in [0.05, 0.1) is 6.10 Å². The van der Waals surface area contributed by atoms with E-state index >= 15 is 0 Å². The Kier molecular flexibility index (Phi) is 5.06. The van der Waals surface area contributed by atoms with Crippen molar-refractivity contribution < 1.29 is 19.8 Å². The summed E-state index contributed by atoms with van der Waals surface area (Å²) in [5.74, 6) is -1.81. The lowest BCUT2D eigenvalue weighted by atomic mass is 10.2. The number of aliphatic hydroxyl groups excluding tert-OH is 1. The van der Waals surface area contributed by atoms with Crippen LogP contribution in [-0.4, -0.2) is 34.2 Å². The molecule has 6 heteroatoms. The second-order valence-electron chi connectivity index (χ2n) is 3.85. The predicted molar refractivity (Wildman–Crippen MR) is 69.3 cm³/mol. The van der Waals surface area contributed by atoms with Gasteiger partial charge in [-0.2, -0.15) is 0 Å². The number of rotatable bonds is 5. The molecule has 0 saturated heterocycles. The van der Waals surface area contributed by atoms with Gasteiger partial charge in [-0.25, -0.2) is 4.79 Å². The summed E-state index contributed by atoms with van der Waals surface area (Å²) in [7, 11) is 0. The van der Waals surface area contributed by atoms with E-state index in [-0.39, 0.29) is 0 Å². The van der Waals surface area contributed by atoms with Crippen molar-refractivity contribution >= 4 is 29.3 Å². The molecule has 2 unspecified atom stereocenters. The Morgan fingerprint density at radius 3 is 2.56 bits per heavy atom. The zero-order valence-corrected chi connectivity index (χ0v) is 10.9. The maximum Gasteiger partial charge on any atom is 0.328 e. The van der Waals surface area contributed by atoms with Crippen LogP contribution in [0.4, 0.5) is 0 Å². The molecule has 0 spiro atoms. The smallest absolute Gasteiger partial charge is 0.328 e. The summed E-state index contributed by atoms with van der Waals surface area (Å²) in [4.78, 5) is 24.3. The second-order valence-corrected chi connectivity index (χ2v) is 5.17. The van der Waals surface area contributed by atoms with Crippen LogP contribution in [0.3, 0.4) is 0 Å². The number of thiophene rings is 1. The molecule has 1 rings (SSSR count). The molecule has 0 aromatic carbocycles. The summed E-state index contributed by atoms with van der Waals surface area (Å²) in [6, 6.07) is 2.50. The van der Waals surface area contributed by atoms with Crippen LogP contribution < -0.4 is 5.32 Å². The Balaban J connectivity index is 2.60. The fourth-order valence-electron chi connectivity index (χ4n) is 1.29. The van der Waals surface area contributed by atoms with Gasteiger partial charge in [0.25, 0.3) is 0 Å². The maximum absolute atomic E-state index is 11.5. The van der Waals surface area contributed by atoms with Crippen molar-refractivity contribution in [2.45, 2.75) is 26.0 Å². The van der Waals surface area contributed by atoms with Gasteiger partial charge in [0, 0.05) is 15.8 Å². The minimum atomic E-state index is -1.30. The summed E-state index contributed by atoms with van der Waals surface area (Å²) in [5.41, 5.74) is 0. The van der Waals surface area contributed by atoms with Gasteiger partial charge >= 0.3 is 5.97 Å². The molecule has 1 amide bonds. The molecule has 1 heterocycles. The number of hydrogen-bond donors (Lipinski definition) is 3.